The van der Waals surface area contributed by atoms with Crippen LogP contribution >= 0.6 is 0 Å². The molecule has 1 heterocycles. The van der Waals surface area contributed by atoms with E-state index < -0.39 is 0 Å². The van der Waals surface area contributed by atoms with Gasteiger partial charge in [-0.1, -0.05) is 23.7 Å². The zero-order valence-electron chi connectivity index (χ0n) is 6.44. The second kappa shape index (κ2) is 2.95. The highest BCUT2D eigenvalue weighted by Crippen LogP contribution is 2.08. The molecule has 12 heavy (non-hydrogen) atoms. The van der Waals surface area contributed by atoms with Crippen LogP contribution in [0.4, 0.5) is 0 Å². The summed E-state index contributed by atoms with van der Waals surface area (Å²) in [5.41, 5.74) is 0.814. The molecule has 57 valence electrons. The van der Waals surface area contributed by atoms with Crippen LogP contribution in [0.25, 0.3) is 10.8 Å². The lowest BCUT2D eigenvalue weighted by molar-refractivity contribution is 0.615. The average molecular weight is 156 g/mol. The molecule has 2 rings (SSSR count). The highest BCUT2D eigenvalue weighted by atomic mass is 16.2. The maximum Gasteiger partial charge on any atom is 0.326 e. The molecule has 0 saturated carbocycles. The SMILES string of the molecule is O[B]c1ccc2cnccc2c1. The topological polar surface area (TPSA) is 33.1 Å². The zero-order valence-corrected chi connectivity index (χ0v) is 6.44. The summed E-state index contributed by atoms with van der Waals surface area (Å²) in [6.07, 6.45) is 3.54. The third-order valence-corrected chi connectivity index (χ3v) is 1.81. The van der Waals surface area contributed by atoms with E-state index in [1.165, 1.54) is 0 Å². The number of aromatic nitrogens is 1. The normalized spacial score (nSPS) is 10.1. The number of fused-ring (bicyclic) bond motifs is 1. The van der Waals surface area contributed by atoms with Crippen LogP contribution in [-0.2, 0) is 0 Å². The Labute approximate surface area is 71.1 Å². The lowest BCUT2D eigenvalue weighted by atomic mass is 9.87. The standard InChI is InChI=1S/C9H7BNO/c12-10-9-2-1-8-6-11-4-3-7(8)5-9/h1-6,12H. The molecule has 0 amide bonds. The van der Waals surface area contributed by atoms with Crippen molar-refractivity contribution >= 4 is 23.7 Å². The Morgan fingerprint density at radius 1 is 1.17 bits per heavy atom. The fraction of sp³-hybridized carbons (Fsp3) is 0. The number of pyridine rings is 1. The molecule has 2 aromatic rings. The van der Waals surface area contributed by atoms with Crippen molar-refractivity contribution in [1.82, 2.24) is 4.98 Å². The summed E-state index contributed by atoms with van der Waals surface area (Å²) in [4.78, 5) is 4.00. The van der Waals surface area contributed by atoms with E-state index in [0.29, 0.717) is 0 Å². The van der Waals surface area contributed by atoms with Crippen LogP contribution in [0.15, 0.2) is 36.7 Å². The first-order chi connectivity index (χ1) is 5.90. The van der Waals surface area contributed by atoms with Crippen molar-refractivity contribution in [3.05, 3.63) is 36.7 Å². The van der Waals surface area contributed by atoms with Gasteiger partial charge in [0.2, 0.25) is 0 Å². The van der Waals surface area contributed by atoms with Crippen LogP contribution in [0, 0.1) is 0 Å². The zero-order chi connectivity index (χ0) is 8.39. The van der Waals surface area contributed by atoms with Crippen molar-refractivity contribution in [1.29, 1.82) is 0 Å². The van der Waals surface area contributed by atoms with Gasteiger partial charge in [0, 0.05) is 12.4 Å². The molecule has 3 heteroatoms. The van der Waals surface area contributed by atoms with Gasteiger partial charge < -0.3 is 5.02 Å². The maximum absolute atomic E-state index is 8.76. The van der Waals surface area contributed by atoms with Crippen molar-refractivity contribution in [3.8, 4) is 0 Å². The molecule has 0 aliphatic heterocycles. The number of rotatable bonds is 1. The van der Waals surface area contributed by atoms with Crippen LogP contribution in [0.1, 0.15) is 0 Å². The molecule has 0 bridgehead atoms. The molecule has 1 N–H and O–H groups in total. The second-order valence-electron chi connectivity index (χ2n) is 2.61. The molecule has 1 aromatic carbocycles. The molecule has 2 nitrogen and oxygen atoms in total. The summed E-state index contributed by atoms with van der Waals surface area (Å²) in [5.74, 6) is 0. The lowest BCUT2D eigenvalue weighted by Gasteiger charge is -1.97. The fourth-order valence-corrected chi connectivity index (χ4v) is 1.18. The van der Waals surface area contributed by atoms with Gasteiger partial charge in [0.25, 0.3) is 0 Å². The minimum Gasteiger partial charge on any atom is -0.450 e. The number of hydrogen-bond donors (Lipinski definition) is 1. The number of nitrogens with zero attached hydrogens (tertiary/aromatic N) is 1. The van der Waals surface area contributed by atoms with Gasteiger partial charge in [0.15, 0.2) is 0 Å². The number of hydrogen-bond acceptors (Lipinski definition) is 2. The predicted octanol–water partition coefficient (Wildman–Crippen LogP) is 0.472. The van der Waals surface area contributed by atoms with Crippen molar-refractivity contribution < 1.29 is 5.02 Å². The molecule has 0 spiro atoms. The monoisotopic (exact) mass is 156 g/mol. The van der Waals surface area contributed by atoms with Crippen molar-refractivity contribution in [2.24, 2.45) is 0 Å². The molecule has 0 saturated heterocycles. The van der Waals surface area contributed by atoms with E-state index in [4.69, 9.17) is 5.02 Å². The Bertz CT molecular complexity index is 402. The first-order valence-electron chi connectivity index (χ1n) is 3.71. The summed E-state index contributed by atoms with van der Waals surface area (Å²) >= 11 is 0. The van der Waals surface area contributed by atoms with Crippen molar-refractivity contribution in [2.75, 3.05) is 0 Å². The summed E-state index contributed by atoms with van der Waals surface area (Å²) in [6.45, 7) is 0. The van der Waals surface area contributed by atoms with Gasteiger partial charge in [-0.15, -0.1) is 0 Å². The molecule has 0 atom stereocenters. The molecule has 1 aromatic heterocycles. The van der Waals surface area contributed by atoms with Crippen molar-refractivity contribution in [3.63, 3.8) is 0 Å². The molecule has 0 aliphatic rings. The maximum atomic E-state index is 8.76. The van der Waals surface area contributed by atoms with Gasteiger partial charge in [0.05, 0.1) is 0 Å². The number of benzene rings is 1. The van der Waals surface area contributed by atoms with Crippen LogP contribution < -0.4 is 5.46 Å². The van der Waals surface area contributed by atoms with Gasteiger partial charge >= 0.3 is 7.48 Å². The molecule has 0 unspecified atom stereocenters. The summed E-state index contributed by atoms with van der Waals surface area (Å²) < 4.78 is 0. The molecular weight excluding hydrogens is 149 g/mol. The molecule has 1 radical (unpaired) electrons. The smallest absolute Gasteiger partial charge is 0.326 e. The van der Waals surface area contributed by atoms with Crippen LogP contribution in [0.3, 0.4) is 0 Å². The second-order valence-corrected chi connectivity index (χ2v) is 2.61. The van der Waals surface area contributed by atoms with Gasteiger partial charge in [-0.3, -0.25) is 4.98 Å². The minimum atomic E-state index is 0.814. The van der Waals surface area contributed by atoms with E-state index in [1.54, 1.807) is 12.4 Å². The lowest BCUT2D eigenvalue weighted by Crippen LogP contribution is -2.12. The van der Waals surface area contributed by atoms with E-state index >= 15 is 0 Å². The molecular formula is C9H7BNO. The van der Waals surface area contributed by atoms with Crippen LogP contribution in [0.2, 0.25) is 0 Å². The van der Waals surface area contributed by atoms with Gasteiger partial charge in [-0.05, 0) is 16.8 Å². The first kappa shape index (κ1) is 7.31. The fourth-order valence-electron chi connectivity index (χ4n) is 1.18. The van der Waals surface area contributed by atoms with Gasteiger partial charge in [0.1, 0.15) is 0 Å². The summed E-state index contributed by atoms with van der Waals surface area (Å²) in [7, 11) is 1.10. The van der Waals surface area contributed by atoms with Gasteiger partial charge in [-0.2, -0.15) is 0 Å². The quantitative estimate of drug-likeness (QED) is 0.608. The minimum absolute atomic E-state index is 0.814. The van der Waals surface area contributed by atoms with E-state index in [0.717, 1.165) is 23.7 Å². The Balaban J connectivity index is 2.67. The summed E-state index contributed by atoms with van der Waals surface area (Å²) in [6, 6.07) is 7.62. The Morgan fingerprint density at radius 2 is 2.08 bits per heavy atom. The van der Waals surface area contributed by atoms with E-state index in [9.17, 15) is 0 Å². The highest BCUT2D eigenvalue weighted by molar-refractivity contribution is 6.45. The van der Waals surface area contributed by atoms with Crippen LogP contribution in [0.5, 0.6) is 0 Å². The van der Waals surface area contributed by atoms with Gasteiger partial charge in [-0.25, -0.2) is 0 Å². The summed E-state index contributed by atoms with van der Waals surface area (Å²) in [5, 5.41) is 10.9. The highest BCUT2D eigenvalue weighted by Gasteiger charge is 1.95. The Morgan fingerprint density at radius 3 is 2.92 bits per heavy atom. The van der Waals surface area contributed by atoms with E-state index in [-0.39, 0.29) is 0 Å². The Hall–Kier alpha value is -1.35. The molecule has 0 aliphatic carbocycles. The third kappa shape index (κ3) is 1.19. The third-order valence-electron chi connectivity index (χ3n) is 1.81. The van der Waals surface area contributed by atoms with E-state index in [2.05, 4.69) is 4.98 Å². The largest absolute Gasteiger partial charge is 0.450 e. The van der Waals surface area contributed by atoms with Crippen molar-refractivity contribution in [2.45, 2.75) is 0 Å². The van der Waals surface area contributed by atoms with Crippen LogP contribution in [-0.4, -0.2) is 17.5 Å². The van der Waals surface area contributed by atoms with E-state index in [1.807, 2.05) is 24.3 Å². The first-order valence-corrected chi connectivity index (χ1v) is 3.71. The Kier molecular flexibility index (Phi) is 1.80. The molecule has 0 fully saturated rings. The average Bonchev–Trinajstić information content (AvgIpc) is 2.17. The predicted molar refractivity (Wildman–Crippen MR) is 49.3 cm³/mol.